The number of nitrogens with zero attached hydrogens (tertiary/aromatic N) is 2. The summed E-state index contributed by atoms with van der Waals surface area (Å²) in [5.41, 5.74) is 2.77. The molecule has 29 heavy (non-hydrogen) atoms. The Labute approximate surface area is 169 Å². The standard InChI is InChI=1S/C21H22N4O3S/c1-15(12-22-8-6-16-2-5-21-20(10-16)24-14-28-21)25-29(26,27)19-4-3-18-13-23-9-7-17(18)11-19/h2-5,7,9-11,13-15,22,25H,6,8,12H2,1H3. The Bertz CT molecular complexity index is 1240. The van der Waals surface area contributed by atoms with Crippen LogP contribution >= 0.6 is 0 Å². The van der Waals surface area contributed by atoms with E-state index < -0.39 is 10.0 Å². The number of nitrogens with one attached hydrogen (secondary N) is 2. The van der Waals surface area contributed by atoms with Crippen molar-refractivity contribution in [1.82, 2.24) is 20.0 Å². The van der Waals surface area contributed by atoms with Gasteiger partial charge in [-0.2, -0.15) is 0 Å². The number of benzene rings is 2. The van der Waals surface area contributed by atoms with Crippen molar-refractivity contribution < 1.29 is 12.8 Å². The lowest BCUT2D eigenvalue weighted by atomic mass is 10.1. The van der Waals surface area contributed by atoms with Crippen molar-refractivity contribution >= 4 is 31.9 Å². The summed E-state index contributed by atoms with van der Waals surface area (Å²) < 4.78 is 33.3. The monoisotopic (exact) mass is 410 g/mol. The number of hydrogen-bond acceptors (Lipinski definition) is 6. The van der Waals surface area contributed by atoms with Gasteiger partial charge < -0.3 is 9.73 Å². The molecule has 0 radical (unpaired) electrons. The smallest absolute Gasteiger partial charge is 0.240 e. The zero-order valence-corrected chi connectivity index (χ0v) is 16.8. The molecular formula is C21H22N4O3S. The lowest BCUT2D eigenvalue weighted by molar-refractivity contribution is 0.537. The van der Waals surface area contributed by atoms with Crippen LogP contribution in [0.25, 0.3) is 21.9 Å². The maximum atomic E-state index is 12.7. The first-order valence-electron chi connectivity index (χ1n) is 9.40. The Morgan fingerprint density at radius 2 is 2.00 bits per heavy atom. The summed E-state index contributed by atoms with van der Waals surface area (Å²) in [7, 11) is -3.59. The topological polar surface area (TPSA) is 97.1 Å². The number of pyridine rings is 1. The van der Waals surface area contributed by atoms with Gasteiger partial charge in [0.2, 0.25) is 10.0 Å². The number of fused-ring (bicyclic) bond motifs is 2. The van der Waals surface area contributed by atoms with Gasteiger partial charge in [0.15, 0.2) is 12.0 Å². The third-order valence-corrected chi connectivity index (χ3v) is 6.30. The first-order valence-corrected chi connectivity index (χ1v) is 10.9. The Hall–Kier alpha value is -2.81. The van der Waals surface area contributed by atoms with Crippen molar-refractivity contribution in [2.75, 3.05) is 13.1 Å². The molecule has 8 heteroatoms. The van der Waals surface area contributed by atoms with Gasteiger partial charge in [-0.15, -0.1) is 0 Å². The van der Waals surface area contributed by atoms with Gasteiger partial charge in [-0.1, -0.05) is 12.1 Å². The average molecular weight is 410 g/mol. The van der Waals surface area contributed by atoms with E-state index in [2.05, 4.69) is 20.0 Å². The molecule has 1 atom stereocenters. The molecule has 0 amide bonds. The zero-order chi connectivity index (χ0) is 20.3. The maximum absolute atomic E-state index is 12.7. The van der Waals surface area contributed by atoms with Crippen LogP contribution in [0.4, 0.5) is 0 Å². The molecule has 2 aromatic heterocycles. The van der Waals surface area contributed by atoms with Crippen LogP contribution in [-0.4, -0.2) is 37.5 Å². The van der Waals surface area contributed by atoms with E-state index >= 15 is 0 Å². The normalized spacial score (nSPS) is 13.1. The molecule has 0 saturated heterocycles. The Kier molecular flexibility index (Phi) is 5.57. The summed E-state index contributed by atoms with van der Waals surface area (Å²) in [6.07, 6.45) is 5.62. The van der Waals surface area contributed by atoms with Crippen LogP contribution in [0.5, 0.6) is 0 Å². The second-order valence-corrected chi connectivity index (χ2v) is 8.73. The highest BCUT2D eigenvalue weighted by Crippen LogP contribution is 2.18. The second kappa shape index (κ2) is 8.28. The van der Waals surface area contributed by atoms with Crippen molar-refractivity contribution in [3.63, 3.8) is 0 Å². The number of aromatic nitrogens is 2. The van der Waals surface area contributed by atoms with E-state index in [9.17, 15) is 8.42 Å². The van der Waals surface area contributed by atoms with Crippen LogP contribution < -0.4 is 10.0 Å². The van der Waals surface area contributed by atoms with Crippen LogP contribution in [0, 0.1) is 0 Å². The predicted molar refractivity (Wildman–Crippen MR) is 112 cm³/mol. The molecule has 2 heterocycles. The molecule has 1 unspecified atom stereocenters. The van der Waals surface area contributed by atoms with E-state index in [0.717, 1.165) is 40.4 Å². The van der Waals surface area contributed by atoms with Crippen LogP contribution in [0.3, 0.4) is 0 Å². The molecule has 0 bridgehead atoms. The summed E-state index contributed by atoms with van der Waals surface area (Å²) in [6, 6.07) is 12.5. The van der Waals surface area contributed by atoms with E-state index in [0.29, 0.717) is 6.54 Å². The minimum atomic E-state index is -3.59. The fraction of sp³-hybridized carbons (Fsp3) is 0.238. The van der Waals surface area contributed by atoms with Crippen molar-refractivity contribution in [2.24, 2.45) is 0 Å². The van der Waals surface area contributed by atoms with Crippen molar-refractivity contribution in [2.45, 2.75) is 24.3 Å². The number of oxazole rings is 1. The SMILES string of the molecule is CC(CNCCc1ccc2ocnc2c1)NS(=O)(=O)c1ccc2cnccc2c1. The molecule has 4 aromatic rings. The van der Waals surface area contributed by atoms with E-state index in [1.165, 1.54) is 6.39 Å². The van der Waals surface area contributed by atoms with E-state index in [-0.39, 0.29) is 10.9 Å². The van der Waals surface area contributed by atoms with E-state index in [1.54, 1.807) is 36.7 Å². The molecule has 0 saturated carbocycles. The van der Waals surface area contributed by atoms with E-state index in [1.807, 2.05) is 25.1 Å². The summed E-state index contributed by atoms with van der Waals surface area (Å²) in [4.78, 5) is 8.46. The van der Waals surface area contributed by atoms with Gasteiger partial charge in [-0.3, -0.25) is 4.98 Å². The fourth-order valence-corrected chi connectivity index (χ4v) is 4.49. The molecule has 4 rings (SSSR count). The van der Waals surface area contributed by atoms with Crippen LogP contribution in [0.15, 0.2) is 70.6 Å². The maximum Gasteiger partial charge on any atom is 0.240 e. The minimum Gasteiger partial charge on any atom is -0.443 e. The first-order chi connectivity index (χ1) is 14.0. The molecule has 0 aliphatic heterocycles. The summed E-state index contributed by atoms with van der Waals surface area (Å²) in [5, 5.41) is 5.05. The van der Waals surface area contributed by atoms with Crippen LogP contribution in [-0.2, 0) is 16.4 Å². The third kappa shape index (κ3) is 4.61. The fourth-order valence-electron chi connectivity index (χ4n) is 3.21. The summed E-state index contributed by atoms with van der Waals surface area (Å²) in [5.74, 6) is 0. The molecule has 2 N–H and O–H groups in total. The number of hydrogen-bond donors (Lipinski definition) is 2. The van der Waals surface area contributed by atoms with Gasteiger partial charge in [0.1, 0.15) is 5.52 Å². The lowest BCUT2D eigenvalue weighted by Gasteiger charge is -2.15. The molecule has 150 valence electrons. The number of sulfonamides is 1. The van der Waals surface area contributed by atoms with Gasteiger partial charge in [0.05, 0.1) is 4.90 Å². The van der Waals surface area contributed by atoms with Crippen molar-refractivity contribution in [3.8, 4) is 0 Å². The van der Waals surface area contributed by atoms with Crippen molar-refractivity contribution in [3.05, 3.63) is 66.8 Å². The van der Waals surface area contributed by atoms with Crippen molar-refractivity contribution in [1.29, 1.82) is 0 Å². The van der Waals surface area contributed by atoms with Crippen LogP contribution in [0.1, 0.15) is 12.5 Å². The minimum absolute atomic E-state index is 0.244. The lowest BCUT2D eigenvalue weighted by Crippen LogP contribution is -2.40. The van der Waals surface area contributed by atoms with Gasteiger partial charge in [-0.25, -0.2) is 18.1 Å². The number of rotatable bonds is 8. The largest absolute Gasteiger partial charge is 0.443 e. The Balaban J connectivity index is 1.30. The average Bonchev–Trinajstić information content (AvgIpc) is 3.18. The zero-order valence-electron chi connectivity index (χ0n) is 16.0. The molecule has 0 fully saturated rings. The third-order valence-electron chi connectivity index (χ3n) is 4.71. The second-order valence-electron chi connectivity index (χ2n) is 7.02. The first kappa shape index (κ1) is 19.5. The van der Waals surface area contributed by atoms with E-state index in [4.69, 9.17) is 4.42 Å². The Morgan fingerprint density at radius 3 is 2.90 bits per heavy atom. The highest BCUT2D eigenvalue weighted by Gasteiger charge is 2.17. The summed E-state index contributed by atoms with van der Waals surface area (Å²) in [6.45, 7) is 3.11. The highest BCUT2D eigenvalue weighted by atomic mass is 32.2. The molecule has 0 aliphatic carbocycles. The van der Waals surface area contributed by atoms with Gasteiger partial charge in [-0.05, 0) is 61.2 Å². The van der Waals surface area contributed by atoms with Gasteiger partial charge in [0, 0.05) is 30.4 Å². The van der Waals surface area contributed by atoms with Gasteiger partial charge in [0.25, 0.3) is 0 Å². The molecule has 7 nitrogen and oxygen atoms in total. The summed E-state index contributed by atoms with van der Waals surface area (Å²) >= 11 is 0. The highest BCUT2D eigenvalue weighted by molar-refractivity contribution is 7.89. The molecule has 0 spiro atoms. The molecule has 2 aromatic carbocycles. The Morgan fingerprint density at radius 1 is 1.10 bits per heavy atom. The van der Waals surface area contributed by atoms with Crippen LogP contribution in [0.2, 0.25) is 0 Å². The van der Waals surface area contributed by atoms with Gasteiger partial charge >= 0.3 is 0 Å². The molecule has 0 aliphatic rings. The predicted octanol–water partition coefficient (Wildman–Crippen LogP) is 2.88. The quantitative estimate of drug-likeness (QED) is 0.434. The molecular weight excluding hydrogens is 388 g/mol.